The van der Waals surface area contributed by atoms with Gasteiger partial charge < -0.3 is 14.5 Å². The van der Waals surface area contributed by atoms with Crippen LogP contribution in [0.4, 0.5) is 5.69 Å². The standard InChI is InChI=1S/C40H24N4O2S/c1-2-11-23(12-3-1)37-42-38(28-17-8-14-25-24-13-4-6-21-32(24)45-34(25)28)44-39(43-37)29-18-9-15-26-27-16-10-19-30(36(27)47-35(26)29)40-41-31-20-5-7-22-33(31)46-40/h1-22,40-41H. The first-order valence-corrected chi connectivity index (χ1v) is 16.3. The molecular formula is C40H24N4O2S. The molecule has 0 radical (unpaired) electrons. The Morgan fingerprint density at radius 1 is 0.532 bits per heavy atom. The van der Waals surface area contributed by atoms with E-state index in [1.165, 1.54) is 10.1 Å². The van der Waals surface area contributed by atoms with Crippen LogP contribution in [0.3, 0.4) is 0 Å². The number of hydrogen-bond donors (Lipinski definition) is 1. The Labute approximate surface area is 273 Å². The molecule has 6 aromatic carbocycles. The van der Waals surface area contributed by atoms with Gasteiger partial charge in [0, 0.05) is 47.6 Å². The number of para-hydroxylation sites is 4. The van der Waals surface area contributed by atoms with Crippen LogP contribution in [0.15, 0.2) is 138 Å². The molecular weight excluding hydrogens is 601 g/mol. The van der Waals surface area contributed by atoms with E-state index in [1.54, 1.807) is 11.3 Å². The fraction of sp³-hybridized carbons (Fsp3) is 0.0250. The van der Waals surface area contributed by atoms with E-state index < -0.39 is 0 Å². The van der Waals surface area contributed by atoms with Gasteiger partial charge in [0.25, 0.3) is 0 Å². The van der Waals surface area contributed by atoms with Gasteiger partial charge in [-0.25, -0.2) is 15.0 Å². The average molecular weight is 625 g/mol. The third kappa shape index (κ3) is 4.14. The molecule has 1 aliphatic heterocycles. The number of fused-ring (bicyclic) bond motifs is 7. The number of thiophene rings is 1. The maximum absolute atomic E-state index is 6.41. The molecule has 10 rings (SSSR count). The SMILES string of the molecule is c1ccc(-c2nc(-c3cccc4c3oc3ccccc34)nc(-c3cccc4c3sc3c(C5Nc6ccccc6O5)cccc34)n2)cc1. The number of nitrogens with zero attached hydrogens (tertiary/aromatic N) is 3. The number of hydrogen-bond acceptors (Lipinski definition) is 7. The van der Waals surface area contributed by atoms with Crippen LogP contribution in [0.2, 0.25) is 0 Å². The number of furan rings is 1. The smallest absolute Gasteiger partial charge is 0.198 e. The molecule has 222 valence electrons. The summed E-state index contributed by atoms with van der Waals surface area (Å²) in [5, 5.41) is 7.98. The predicted molar refractivity (Wildman–Crippen MR) is 190 cm³/mol. The lowest BCUT2D eigenvalue weighted by atomic mass is 10.1. The summed E-state index contributed by atoms with van der Waals surface area (Å²) >= 11 is 1.75. The average Bonchev–Trinajstić information content (AvgIpc) is 3.85. The fourth-order valence-corrected chi connectivity index (χ4v) is 7.95. The van der Waals surface area contributed by atoms with Gasteiger partial charge in [0.05, 0.1) is 11.3 Å². The normalized spacial score (nSPS) is 14.1. The molecule has 0 saturated heterocycles. The van der Waals surface area contributed by atoms with Crippen molar-refractivity contribution in [1.82, 2.24) is 15.0 Å². The van der Waals surface area contributed by atoms with E-state index in [9.17, 15) is 0 Å². The molecule has 9 aromatic rings. The molecule has 1 N–H and O–H groups in total. The van der Waals surface area contributed by atoms with Crippen LogP contribution in [0, 0.1) is 0 Å². The molecule has 6 nitrogen and oxygen atoms in total. The first kappa shape index (κ1) is 26.2. The molecule has 0 amide bonds. The Hall–Kier alpha value is -6.05. The lowest BCUT2D eigenvalue weighted by Gasteiger charge is -2.12. The minimum Gasteiger partial charge on any atom is -0.464 e. The second kappa shape index (κ2) is 10.2. The van der Waals surface area contributed by atoms with Gasteiger partial charge in [-0.1, -0.05) is 103 Å². The van der Waals surface area contributed by atoms with Crippen LogP contribution in [-0.4, -0.2) is 15.0 Å². The molecule has 0 bridgehead atoms. The second-order valence-corrected chi connectivity index (χ2v) is 12.6. The second-order valence-electron chi connectivity index (χ2n) is 11.6. The molecule has 0 fully saturated rings. The van der Waals surface area contributed by atoms with Crippen LogP contribution in [0.25, 0.3) is 76.3 Å². The van der Waals surface area contributed by atoms with Crippen molar-refractivity contribution in [1.29, 1.82) is 0 Å². The number of ether oxygens (including phenoxy) is 1. The summed E-state index contributed by atoms with van der Waals surface area (Å²) in [4.78, 5) is 15.3. The maximum Gasteiger partial charge on any atom is 0.198 e. The molecule has 4 heterocycles. The summed E-state index contributed by atoms with van der Waals surface area (Å²) in [6, 6.07) is 45.2. The molecule has 0 saturated carbocycles. The van der Waals surface area contributed by atoms with Crippen LogP contribution in [-0.2, 0) is 0 Å². The minimum absolute atomic E-state index is 0.273. The van der Waals surface area contributed by atoms with Crippen molar-refractivity contribution in [2.45, 2.75) is 6.23 Å². The predicted octanol–water partition coefficient (Wildman–Crippen LogP) is 10.6. The van der Waals surface area contributed by atoms with Crippen molar-refractivity contribution in [3.05, 3.63) is 139 Å². The Balaban J connectivity index is 1.18. The number of benzene rings is 6. The third-order valence-corrected chi connectivity index (χ3v) is 10.1. The molecule has 0 spiro atoms. The monoisotopic (exact) mass is 624 g/mol. The molecule has 47 heavy (non-hydrogen) atoms. The Morgan fingerprint density at radius 3 is 2.06 bits per heavy atom. The Morgan fingerprint density at radius 2 is 1.19 bits per heavy atom. The number of anilines is 1. The first-order chi connectivity index (χ1) is 23.3. The first-order valence-electron chi connectivity index (χ1n) is 15.5. The quantitative estimate of drug-likeness (QED) is 0.210. The van der Waals surface area contributed by atoms with Crippen molar-refractivity contribution >= 4 is 59.1 Å². The van der Waals surface area contributed by atoms with Gasteiger partial charge >= 0.3 is 0 Å². The topological polar surface area (TPSA) is 73.1 Å². The maximum atomic E-state index is 6.41. The zero-order valence-corrected chi connectivity index (χ0v) is 25.7. The van der Waals surface area contributed by atoms with Crippen molar-refractivity contribution < 1.29 is 9.15 Å². The van der Waals surface area contributed by atoms with Crippen LogP contribution in [0.5, 0.6) is 5.75 Å². The fourth-order valence-electron chi connectivity index (χ4n) is 6.61. The van der Waals surface area contributed by atoms with E-state index in [-0.39, 0.29) is 6.23 Å². The summed E-state index contributed by atoms with van der Waals surface area (Å²) in [5.74, 6) is 2.66. The van der Waals surface area contributed by atoms with Gasteiger partial charge in [0.2, 0.25) is 0 Å². The molecule has 0 aliphatic carbocycles. The molecule has 3 aromatic heterocycles. The van der Waals surface area contributed by atoms with E-state index in [4.69, 9.17) is 24.1 Å². The van der Waals surface area contributed by atoms with Crippen LogP contribution < -0.4 is 10.1 Å². The van der Waals surface area contributed by atoms with Gasteiger partial charge in [-0.15, -0.1) is 11.3 Å². The van der Waals surface area contributed by atoms with Crippen molar-refractivity contribution in [3.8, 4) is 39.9 Å². The summed E-state index contributed by atoms with van der Waals surface area (Å²) < 4.78 is 15.0. The molecule has 1 atom stereocenters. The van der Waals surface area contributed by atoms with Crippen LogP contribution >= 0.6 is 11.3 Å². The summed E-state index contributed by atoms with van der Waals surface area (Å²) in [6.07, 6.45) is -0.273. The Bertz CT molecular complexity index is 2640. The van der Waals surface area contributed by atoms with Gasteiger partial charge in [0.15, 0.2) is 23.7 Å². The number of nitrogens with one attached hydrogen (secondary N) is 1. The highest BCUT2D eigenvalue weighted by atomic mass is 32.1. The zero-order valence-electron chi connectivity index (χ0n) is 24.8. The van der Waals surface area contributed by atoms with E-state index in [2.05, 4.69) is 53.8 Å². The van der Waals surface area contributed by atoms with Gasteiger partial charge in [-0.2, -0.15) is 0 Å². The van der Waals surface area contributed by atoms with E-state index in [0.717, 1.165) is 65.7 Å². The highest BCUT2D eigenvalue weighted by molar-refractivity contribution is 7.26. The third-order valence-electron chi connectivity index (χ3n) is 8.81. The molecule has 1 unspecified atom stereocenters. The lowest BCUT2D eigenvalue weighted by Crippen LogP contribution is -2.10. The minimum atomic E-state index is -0.273. The highest BCUT2D eigenvalue weighted by Gasteiger charge is 2.26. The van der Waals surface area contributed by atoms with E-state index in [1.807, 2.05) is 84.9 Å². The number of aromatic nitrogens is 3. The van der Waals surface area contributed by atoms with Crippen molar-refractivity contribution in [3.63, 3.8) is 0 Å². The summed E-state index contributed by atoms with van der Waals surface area (Å²) in [5.41, 5.74) is 6.40. The molecule has 7 heteroatoms. The zero-order chi connectivity index (χ0) is 30.9. The van der Waals surface area contributed by atoms with E-state index in [0.29, 0.717) is 17.5 Å². The number of rotatable bonds is 4. The molecule has 1 aliphatic rings. The van der Waals surface area contributed by atoms with E-state index >= 15 is 0 Å². The van der Waals surface area contributed by atoms with Gasteiger partial charge in [-0.3, -0.25) is 0 Å². The highest BCUT2D eigenvalue weighted by Crippen LogP contribution is 2.45. The van der Waals surface area contributed by atoms with Gasteiger partial charge in [0.1, 0.15) is 16.9 Å². The van der Waals surface area contributed by atoms with Crippen LogP contribution in [0.1, 0.15) is 11.8 Å². The largest absolute Gasteiger partial charge is 0.464 e. The summed E-state index contributed by atoms with van der Waals surface area (Å²) in [6.45, 7) is 0. The summed E-state index contributed by atoms with van der Waals surface area (Å²) in [7, 11) is 0. The van der Waals surface area contributed by atoms with Crippen molar-refractivity contribution in [2.24, 2.45) is 0 Å². The van der Waals surface area contributed by atoms with Gasteiger partial charge in [-0.05, 0) is 30.3 Å². The lowest BCUT2D eigenvalue weighted by molar-refractivity contribution is 0.261. The Kier molecular flexibility index (Phi) is 5.70. The van der Waals surface area contributed by atoms with Crippen molar-refractivity contribution in [2.75, 3.05) is 5.32 Å².